The highest BCUT2D eigenvalue weighted by atomic mass is 35.5. The fourth-order valence-electron chi connectivity index (χ4n) is 0.540. The third-order valence-electron chi connectivity index (χ3n) is 1.16. The minimum atomic E-state index is -0.824. The van der Waals surface area contributed by atoms with Gasteiger partial charge in [0.05, 0.1) is 5.88 Å². The normalized spacial score (nSPS) is 13.2. The van der Waals surface area contributed by atoms with E-state index >= 15 is 0 Å². The number of unbranched alkanes of at least 4 members (excludes halogenated alkanes) is 1. The van der Waals surface area contributed by atoms with Crippen LogP contribution in [-0.2, 0) is 0 Å². The van der Waals surface area contributed by atoms with Crippen molar-refractivity contribution in [3.63, 3.8) is 0 Å². The Bertz CT molecular complexity index is 121. The maximum absolute atomic E-state index is 12.4. The second-order valence-electron chi connectivity index (χ2n) is 2.05. The first-order chi connectivity index (χ1) is 4.72. The summed E-state index contributed by atoms with van der Waals surface area (Å²) >= 11 is 5.05. The van der Waals surface area contributed by atoms with Crippen LogP contribution < -0.4 is 0 Å². The summed E-state index contributed by atoms with van der Waals surface area (Å²) in [5, 5.41) is 0. The lowest BCUT2D eigenvalue weighted by atomic mass is 10.2. The van der Waals surface area contributed by atoms with E-state index in [1.165, 1.54) is 0 Å². The summed E-state index contributed by atoms with van der Waals surface area (Å²) in [6.07, 6.45) is 1.72. The zero-order chi connectivity index (χ0) is 7.98. The summed E-state index contributed by atoms with van der Waals surface area (Å²) in [6, 6.07) is 0. The first kappa shape index (κ1) is 9.89. The zero-order valence-electron chi connectivity index (χ0n) is 5.96. The average Bonchev–Trinajstić information content (AvgIpc) is 1.98. The fraction of sp³-hybridized carbons (Fsp3) is 0.714. The van der Waals surface area contributed by atoms with Crippen molar-refractivity contribution in [2.24, 2.45) is 0 Å². The summed E-state index contributed by atoms with van der Waals surface area (Å²) < 4.78 is 24.6. The van der Waals surface area contributed by atoms with Crippen LogP contribution >= 0.6 is 11.6 Å². The molecule has 3 heteroatoms. The highest BCUT2D eigenvalue weighted by molar-refractivity contribution is 6.19. The molecule has 0 aliphatic rings. The van der Waals surface area contributed by atoms with Crippen LogP contribution in [0.15, 0.2) is 11.7 Å². The van der Waals surface area contributed by atoms with Gasteiger partial charge in [0.15, 0.2) is 0 Å². The standard InChI is InChI=1S/C7H11ClF2/c1-2-3-4-6(9)7(10)5-8/h2-5H2,1H3/b7-6+. The van der Waals surface area contributed by atoms with Gasteiger partial charge in [-0.3, -0.25) is 0 Å². The quantitative estimate of drug-likeness (QED) is 0.563. The van der Waals surface area contributed by atoms with Crippen molar-refractivity contribution in [3.8, 4) is 0 Å². The number of alkyl halides is 1. The number of rotatable bonds is 4. The molecule has 0 saturated heterocycles. The predicted octanol–water partition coefficient (Wildman–Crippen LogP) is 3.57. The van der Waals surface area contributed by atoms with Crippen molar-refractivity contribution < 1.29 is 8.78 Å². The molecule has 10 heavy (non-hydrogen) atoms. The Morgan fingerprint density at radius 3 is 2.30 bits per heavy atom. The van der Waals surface area contributed by atoms with Gasteiger partial charge in [0.25, 0.3) is 0 Å². The van der Waals surface area contributed by atoms with E-state index in [4.69, 9.17) is 11.6 Å². The Morgan fingerprint density at radius 1 is 1.30 bits per heavy atom. The van der Waals surface area contributed by atoms with Crippen LogP contribution in [0.1, 0.15) is 26.2 Å². The monoisotopic (exact) mass is 168 g/mol. The number of allylic oxidation sites excluding steroid dienone is 2. The van der Waals surface area contributed by atoms with Crippen molar-refractivity contribution in [3.05, 3.63) is 11.7 Å². The Labute approximate surface area is 64.9 Å². The molecule has 0 amide bonds. The largest absolute Gasteiger partial charge is 0.209 e. The van der Waals surface area contributed by atoms with Gasteiger partial charge in [0.1, 0.15) is 11.7 Å². The van der Waals surface area contributed by atoms with Crippen LogP contribution in [-0.4, -0.2) is 5.88 Å². The van der Waals surface area contributed by atoms with Gasteiger partial charge < -0.3 is 0 Å². The molecule has 0 atom stereocenters. The lowest BCUT2D eigenvalue weighted by Crippen LogP contribution is -1.82. The van der Waals surface area contributed by atoms with Crippen LogP contribution in [0.3, 0.4) is 0 Å². The Balaban J connectivity index is 3.68. The van der Waals surface area contributed by atoms with Gasteiger partial charge in [0, 0.05) is 6.42 Å². The highest BCUT2D eigenvalue weighted by Crippen LogP contribution is 2.15. The second kappa shape index (κ2) is 5.66. The molecule has 0 heterocycles. The third-order valence-corrected chi connectivity index (χ3v) is 1.40. The third kappa shape index (κ3) is 3.83. The molecule has 0 saturated carbocycles. The molecule has 0 aromatic carbocycles. The van der Waals surface area contributed by atoms with Crippen molar-refractivity contribution in [2.75, 3.05) is 5.88 Å². The van der Waals surface area contributed by atoms with E-state index < -0.39 is 11.7 Å². The van der Waals surface area contributed by atoms with Crippen LogP contribution in [0.5, 0.6) is 0 Å². The molecule has 0 radical (unpaired) electrons. The molecular weight excluding hydrogens is 158 g/mol. The lowest BCUT2D eigenvalue weighted by molar-refractivity contribution is 0.501. The maximum atomic E-state index is 12.4. The van der Waals surface area contributed by atoms with Crippen molar-refractivity contribution in [2.45, 2.75) is 26.2 Å². The molecule has 60 valence electrons. The van der Waals surface area contributed by atoms with Crippen LogP contribution in [0.25, 0.3) is 0 Å². The van der Waals surface area contributed by atoms with Crippen molar-refractivity contribution >= 4 is 11.6 Å². The van der Waals surface area contributed by atoms with Gasteiger partial charge in [-0.1, -0.05) is 13.3 Å². The summed E-state index contributed by atoms with van der Waals surface area (Å²) in [5.41, 5.74) is 0. The molecule has 0 rings (SSSR count). The Kier molecular flexibility index (Phi) is 5.60. The topological polar surface area (TPSA) is 0 Å². The average molecular weight is 169 g/mol. The molecule has 0 spiro atoms. The van der Waals surface area contributed by atoms with E-state index in [0.717, 1.165) is 6.42 Å². The SMILES string of the molecule is CCCC/C(F)=C(\F)CCl. The van der Waals surface area contributed by atoms with Gasteiger partial charge in [-0.05, 0) is 6.42 Å². The molecule has 0 fully saturated rings. The van der Waals surface area contributed by atoms with Gasteiger partial charge in [-0.2, -0.15) is 0 Å². The fourth-order valence-corrected chi connectivity index (χ4v) is 0.685. The number of hydrogen-bond acceptors (Lipinski definition) is 0. The van der Waals surface area contributed by atoms with E-state index in [-0.39, 0.29) is 12.3 Å². The lowest BCUT2D eigenvalue weighted by Gasteiger charge is -1.95. The molecular formula is C7H11ClF2. The first-order valence-electron chi connectivity index (χ1n) is 3.31. The molecule has 0 aliphatic heterocycles. The van der Waals surface area contributed by atoms with Gasteiger partial charge >= 0.3 is 0 Å². The minimum absolute atomic E-state index is 0.176. The van der Waals surface area contributed by atoms with Crippen molar-refractivity contribution in [1.82, 2.24) is 0 Å². The van der Waals surface area contributed by atoms with E-state index in [0.29, 0.717) is 6.42 Å². The van der Waals surface area contributed by atoms with Crippen LogP contribution in [0.2, 0.25) is 0 Å². The first-order valence-corrected chi connectivity index (χ1v) is 3.84. The number of hydrogen-bond donors (Lipinski definition) is 0. The summed E-state index contributed by atoms with van der Waals surface area (Å²) in [4.78, 5) is 0. The Morgan fingerprint density at radius 2 is 1.90 bits per heavy atom. The van der Waals surface area contributed by atoms with Crippen LogP contribution in [0.4, 0.5) is 8.78 Å². The van der Waals surface area contributed by atoms with Crippen molar-refractivity contribution in [1.29, 1.82) is 0 Å². The summed E-state index contributed by atoms with van der Waals surface area (Å²) in [6.45, 7) is 1.92. The molecule has 0 bridgehead atoms. The highest BCUT2D eigenvalue weighted by Gasteiger charge is 2.02. The zero-order valence-corrected chi connectivity index (χ0v) is 6.72. The summed E-state index contributed by atoms with van der Waals surface area (Å²) in [7, 11) is 0. The van der Waals surface area contributed by atoms with E-state index in [1.54, 1.807) is 0 Å². The Hall–Kier alpha value is -0.110. The smallest absolute Gasteiger partial charge is 0.146 e. The molecule has 0 aromatic rings. The molecule has 0 unspecified atom stereocenters. The van der Waals surface area contributed by atoms with E-state index in [1.807, 2.05) is 6.92 Å². The number of halogens is 3. The molecule has 0 N–H and O–H groups in total. The predicted molar refractivity (Wildman–Crippen MR) is 39.5 cm³/mol. The summed E-state index contributed by atoms with van der Waals surface area (Å²) in [5.74, 6) is -1.87. The van der Waals surface area contributed by atoms with E-state index in [9.17, 15) is 8.78 Å². The minimum Gasteiger partial charge on any atom is -0.209 e. The van der Waals surface area contributed by atoms with Gasteiger partial charge in [-0.15, -0.1) is 11.6 Å². The molecule has 0 aromatic heterocycles. The molecule has 0 aliphatic carbocycles. The molecule has 0 nitrogen and oxygen atoms in total. The van der Waals surface area contributed by atoms with Gasteiger partial charge in [0.2, 0.25) is 0 Å². The maximum Gasteiger partial charge on any atom is 0.146 e. The van der Waals surface area contributed by atoms with Gasteiger partial charge in [-0.25, -0.2) is 8.78 Å². The second-order valence-corrected chi connectivity index (χ2v) is 2.31. The van der Waals surface area contributed by atoms with E-state index in [2.05, 4.69) is 0 Å². The van der Waals surface area contributed by atoms with Crippen LogP contribution in [0, 0.1) is 0 Å².